The third kappa shape index (κ3) is 3.22. The molecular weight excluding hydrogens is 330 g/mol. The lowest BCUT2D eigenvalue weighted by molar-refractivity contribution is 0.102. The molecule has 0 heterocycles. The maximum absolute atomic E-state index is 12.3. The summed E-state index contributed by atoms with van der Waals surface area (Å²) in [5, 5.41) is 13.6. The van der Waals surface area contributed by atoms with Crippen molar-refractivity contribution in [2.45, 2.75) is 4.90 Å². The van der Waals surface area contributed by atoms with Crippen molar-refractivity contribution in [3.8, 4) is 5.75 Å². The van der Waals surface area contributed by atoms with Crippen molar-refractivity contribution in [1.29, 1.82) is 0 Å². The minimum atomic E-state index is -4.35. The Morgan fingerprint density at radius 2 is 1.62 bits per heavy atom. The molecule has 0 aromatic heterocycles. The summed E-state index contributed by atoms with van der Waals surface area (Å²) in [6, 6.07) is 15.4. The third-order valence-corrected chi connectivity index (χ3v) is 4.35. The Morgan fingerprint density at radius 1 is 0.917 bits per heavy atom. The molecule has 0 bridgehead atoms. The van der Waals surface area contributed by atoms with E-state index in [2.05, 4.69) is 5.32 Å². The summed E-state index contributed by atoms with van der Waals surface area (Å²) in [7, 11) is -4.35. The molecule has 7 heteroatoms. The average molecular weight is 343 g/mol. The van der Waals surface area contributed by atoms with E-state index in [1.165, 1.54) is 30.3 Å². The average Bonchev–Trinajstić information content (AvgIpc) is 2.53. The molecule has 3 N–H and O–H groups in total. The monoisotopic (exact) mass is 343 g/mol. The number of fused-ring (bicyclic) bond motifs is 1. The van der Waals surface area contributed by atoms with Crippen molar-refractivity contribution in [3.05, 3.63) is 66.2 Å². The van der Waals surface area contributed by atoms with E-state index in [4.69, 9.17) is 4.55 Å². The number of carbonyl (C=O) groups is 1. The van der Waals surface area contributed by atoms with Crippen LogP contribution in [0.1, 0.15) is 10.4 Å². The number of benzene rings is 3. The van der Waals surface area contributed by atoms with Crippen molar-refractivity contribution in [2.75, 3.05) is 5.32 Å². The second kappa shape index (κ2) is 5.95. The van der Waals surface area contributed by atoms with Crippen LogP contribution in [-0.4, -0.2) is 24.0 Å². The van der Waals surface area contributed by atoms with E-state index >= 15 is 0 Å². The Kier molecular flexibility index (Phi) is 3.96. The number of hydrogen-bond acceptors (Lipinski definition) is 4. The van der Waals surface area contributed by atoms with Gasteiger partial charge in [0.15, 0.2) is 0 Å². The standard InChI is InChI=1S/C17H13NO5S/c19-16-10-11-6-7-14(24(21,22)23)8-12(11)9-15(16)17(20)18-13-4-2-1-3-5-13/h1-10,19H,(H,18,20)(H,21,22,23). The molecule has 0 aliphatic heterocycles. The topological polar surface area (TPSA) is 104 Å². The zero-order valence-corrected chi connectivity index (χ0v) is 13.1. The van der Waals surface area contributed by atoms with E-state index in [0.29, 0.717) is 16.5 Å². The van der Waals surface area contributed by atoms with Crippen LogP contribution in [0.25, 0.3) is 10.8 Å². The van der Waals surface area contributed by atoms with Gasteiger partial charge in [0.05, 0.1) is 10.5 Å². The fourth-order valence-electron chi connectivity index (χ4n) is 2.33. The fraction of sp³-hybridized carbons (Fsp3) is 0. The maximum Gasteiger partial charge on any atom is 0.294 e. The summed E-state index contributed by atoms with van der Waals surface area (Å²) < 4.78 is 31.6. The first-order valence-corrected chi connectivity index (χ1v) is 8.39. The first-order valence-electron chi connectivity index (χ1n) is 6.95. The number of anilines is 1. The Morgan fingerprint density at radius 3 is 2.29 bits per heavy atom. The summed E-state index contributed by atoms with van der Waals surface area (Å²) in [5.74, 6) is -0.756. The van der Waals surface area contributed by atoms with Gasteiger partial charge in [-0.2, -0.15) is 8.42 Å². The van der Waals surface area contributed by atoms with Crippen molar-refractivity contribution < 1.29 is 22.9 Å². The molecule has 0 aliphatic carbocycles. The molecule has 3 rings (SSSR count). The lowest BCUT2D eigenvalue weighted by Crippen LogP contribution is -2.12. The van der Waals surface area contributed by atoms with Crippen LogP contribution in [0.15, 0.2) is 65.6 Å². The molecular formula is C17H13NO5S. The summed E-state index contributed by atoms with van der Waals surface area (Å²) in [6.45, 7) is 0. The van der Waals surface area contributed by atoms with Gasteiger partial charge in [-0.15, -0.1) is 0 Å². The van der Waals surface area contributed by atoms with Crippen molar-refractivity contribution in [1.82, 2.24) is 0 Å². The Bertz CT molecular complexity index is 1030. The Balaban J connectivity index is 2.04. The van der Waals surface area contributed by atoms with E-state index in [9.17, 15) is 18.3 Å². The zero-order valence-electron chi connectivity index (χ0n) is 12.3. The highest BCUT2D eigenvalue weighted by molar-refractivity contribution is 7.85. The van der Waals surface area contributed by atoms with Gasteiger partial charge in [-0.05, 0) is 47.2 Å². The predicted octanol–water partition coefficient (Wildman–Crippen LogP) is 3.04. The molecule has 0 saturated carbocycles. The van der Waals surface area contributed by atoms with Gasteiger partial charge in [0.1, 0.15) is 5.75 Å². The highest BCUT2D eigenvalue weighted by atomic mass is 32.2. The van der Waals surface area contributed by atoms with E-state index in [1.807, 2.05) is 0 Å². The molecule has 0 spiro atoms. The van der Waals surface area contributed by atoms with Crippen LogP contribution < -0.4 is 5.32 Å². The second-order valence-electron chi connectivity index (χ2n) is 5.17. The molecule has 24 heavy (non-hydrogen) atoms. The first-order chi connectivity index (χ1) is 11.3. The molecule has 1 amide bonds. The molecule has 0 saturated heterocycles. The maximum atomic E-state index is 12.3. The van der Waals surface area contributed by atoms with Gasteiger partial charge >= 0.3 is 0 Å². The highest BCUT2D eigenvalue weighted by Crippen LogP contribution is 2.27. The molecule has 122 valence electrons. The quantitative estimate of drug-likeness (QED) is 0.634. The van der Waals surface area contributed by atoms with Gasteiger partial charge in [0.2, 0.25) is 0 Å². The van der Waals surface area contributed by atoms with Crippen LogP contribution in [0.2, 0.25) is 0 Å². The van der Waals surface area contributed by atoms with Crippen LogP contribution in [-0.2, 0) is 10.1 Å². The molecule has 0 radical (unpaired) electrons. The van der Waals surface area contributed by atoms with Crippen LogP contribution in [0.5, 0.6) is 5.75 Å². The van der Waals surface area contributed by atoms with Crippen LogP contribution >= 0.6 is 0 Å². The summed E-state index contributed by atoms with van der Waals surface area (Å²) >= 11 is 0. The number of aromatic hydroxyl groups is 1. The van der Waals surface area contributed by atoms with Gasteiger partial charge in [0.25, 0.3) is 16.0 Å². The van der Waals surface area contributed by atoms with Crippen LogP contribution in [0, 0.1) is 0 Å². The largest absolute Gasteiger partial charge is 0.507 e. The fourth-order valence-corrected chi connectivity index (χ4v) is 2.84. The van der Waals surface area contributed by atoms with E-state index < -0.39 is 16.0 Å². The third-order valence-electron chi connectivity index (χ3n) is 3.50. The minimum absolute atomic E-state index is 0.00107. The number of hydrogen-bond donors (Lipinski definition) is 3. The number of rotatable bonds is 3. The van der Waals surface area contributed by atoms with Crippen LogP contribution in [0.3, 0.4) is 0 Å². The summed E-state index contributed by atoms with van der Waals surface area (Å²) in [5.41, 5.74) is 0.563. The molecule has 3 aromatic carbocycles. The molecule has 6 nitrogen and oxygen atoms in total. The lowest BCUT2D eigenvalue weighted by Gasteiger charge is -2.09. The minimum Gasteiger partial charge on any atom is -0.507 e. The number of carbonyl (C=O) groups excluding carboxylic acids is 1. The van der Waals surface area contributed by atoms with Gasteiger partial charge in [-0.1, -0.05) is 24.3 Å². The number of phenolic OH excluding ortho intramolecular Hbond substituents is 1. The first kappa shape index (κ1) is 16.0. The molecule has 0 unspecified atom stereocenters. The second-order valence-corrected chi connectivity index (χ2v) is 6.60. The van der Waals surface area contributed by atoms with E-state index in [-0.39, 0.29) is 16.2 Å². The van der Waals surface area contributed by atoms with Crippen molar-refractivity contribution in [3.63, 3.8) is 0 Å². The Hall–Kier alpha value is -2.90. The van der Waals surface area contributed by atoms with Gasteiger partial charge in [0, 0.05) is 5.69 Å². The summed E-state index contributed by atoms with van der Waals surface area (Å²) in [4.78, 5) is 12.0. The van der Waals surface area contributed by atoms with Gasteiger partial charge in [-0.3, -0.25) is 9.35 Å². The molecule has 0 fully saturated rings. The number of para-hydroxylation sites is 1. The summed E-state index contributed by atoms with van der Waals surface area (Å²) in [6.07, 6.45) is 0. The zero-order chi connectivity index (χ0) is 17.3. The van der Waals surface area contributed by atoms with E-state index in [0.717, 1.165) is 0 Å². The van der Waals surface area contributed by atoms with E-state index in [1.54, 1.807) is 30.3 Å². The number of amides is 1. The Labute approximate surface area is 138 Å². The van der Waals surface area contributed by atoms with Crippen molar-refractivity contribution >= 4 is 32.5 Å². The molecule has 0 aliphatic rings. The molecule has 3 aromatic rings. The highest BCUT2D eigenvalue weighted by Gasteiger charge is 2.15. The normalized spacial score (nSPS) is 11.4. The van der Waals surface area contributed by atoms with Crippen molar-refractivity contribution in [2.24, 2.45) is 0 Å². The van der Waals surface area contributed by atoms with Crippen LogP contribution in [0.4, 0.5) is 5.69 Å². The molecule has 0 atom stereocenters. The van der Waals surface area contributed by atoms with Gasteiger partial charge < -0.3 is 10.4 Å². The van der Waals surface area contributed by atoms with Gasteiger partial charge in [-0.25, -0.2) is 0 Å². The predicted molar refractivity (Wildman–Crippen MR) is 89.8 cm³/mol. The lowest BCUT2D eigenvalue weighted by atomic mass is 10.1. The number of nitrogens with one attached hydrogen (secondary N) is 1. The number of phenols is 1. The smallest absolute Gasteiger partial charge is 0.294 e. The SMILES string of the molecule is O=C(Nc1ccccc1)c1cc2cc(S(=O)(=O)O)ccc2cc1O.